The van der Waals surface area contributed by atoms with Crippen molar-refractivity contribution in [2.24, 2.45) is 0 Å². The number of anilines is 1. The molecule has 0 saturated heterocycles. The fourth-order valence-corrected chi connectivity index (χ4v) is 5.34. The second-order valence-electron chi connectivity index (χ2n) is 5.26. The highest BCUT2D eigenvalue weighted by Crippen LogP contribution is 2.38. The van der Waals surface area contributed by atoms with E-state index in [1.807, 2.05) is 18.4 Å². The van der Waals surface area contributed by atoms with E-state index in [4.69, 9.17) is 16.3 Å². The number of hydrogen-bond donors (Lipinski definition) is 1. The molecule has 2 aromatic carbocycles. The number of aromatic nitrogens is 2. The number of amides is 1. The third-order valence-electron chi connectivity index (χ3n) is 3.69. The fraction of sp³-hybridized carbons (Fsp3) is 0.118. The van der Waals surface area contributed by atoms with Gasteiger partial charge in [-0.15, -0.1) is 11.3 Å². The first-order valence-corrected chi connectivity index (χ1v) is 10.7. The minimum Gasteiger partial charge on any atom is -0.496 e. The number of halogens is 1. The van der Waals surface area contributed by atoms with Gasteiger partial charge in [0, 0.05) is 5.02 Å². The number of carbonyl (C=O) groups is 1. The Labute approximate surface area is 166 Å². The Kier molecular flexibility index (Phi) is 4.74. The van der Waals surface area contributed by atoms with Crippen LogP contribution in [0, 0.1) is 0 Å². The van der Waals surface area contributed by atoms with Crippen LogP contribution in [-0.4, -0.2) is 29.2 Å². The lowest BCUT2D eigenvalue weighted by atomic mass is 10.2. The lowest BCUT2D eigenvalue weighted by Crippen LogP contribution is -2.13. The summed E-state index contributed by atoms with van der Waals surface area (Å²) >= 11 is 10.7. The molecule has 0 unspecified atom stereocenters. The van der Waals surface area contributed by atoms with E-state index in [0.717, 1.165) is 24.8 Å². The Balaban J connectivity index is 1.71. The van der Waals surface area contributed by atoms with Gasteiger partial charge < -0.3 is 4.74 Å². The summed E-state index contributed by atoms with van der Waals surface area (Å²) in [5, 5.41) is 3.84. The van der Waals surface area contributed by atoms with Crippen molar-refractivity contribution in [1.29, 1.82) is 0 Å². The van der Waals surface area contributed by atoms with E-state index in [1.165, 1.54) is 18.4 Å². The molecule has 0 atom stereocenters. The average Bonchev–Trinajstić information content (AvgIpc) is 3.24. The minimum atomic E-state index is -0.311. The first-order chi connectivity index (χ1) is 12.6. The molecule has 0 saturated carbocycles. The molecule has 26 heavy (non-hydrogen) atoms. The zero-order chi connectivity index (χ0) is 18.3. The summed E-state index contributed by atoms with van der Waals surface area (Å²) in [4.78, 5) is 21.7. The number of hydrogen-bond acceptors (Lipinski definition) is 7. The van der Waals surface area contributed by atoms with E-state index in [1.54, 1.807) is 41.3 Å². The van der Waals surface area contributed by atoms with E-state index in [0.29, 0.717) is 21.5 Å². The monoisotopic (exact) mass is 421 g/mol. The van der Waals surface area contributed by atoms with Crippen molar-refractivity contribution < 1.29 is 9.53 Å². The number of thiazole rings is 2. The van der Waals surface area contributed by atoms with Gasteiger partial charge in [0.1, 0.15) is 5.75 Å². The van der Waals surface area contributed by atoms with Gasteiger partial charge in [0.15, 0.2) is 9.47 Å². The summed E-state index contributed by atoms with van der Waals surface area (Å²) in [5.74, 6) is 0.149. The maximum absolute atomic E-state index is 12.6. The van der Waals surface area contributed by atoms with Crippen LogP contribution in [0.3, 0.4) is 0 Å². The number of ether oxygens (including phenoxy) is 1. The van der Waals surface area contributed by atoms with Crippen molar-refractivity contribution >= 4 is 77.5 Å². The van der Waals surface area contributed by atoms with E-state index in [2.05, 4.69) is 15.3 Å². The van der Waals surface area contributed by atoms with Crippen LogP contribution in [-0.2, 0) is 0 Å². The van der Waals surface area contributed by atoms with Crippen molar-refractivity contribution in [1.82, 2.24) is 9.97 Å². The number of carbonyl (C=O) groups excluding carboxylic acids is 1. The van der Waals surface area contributed by atoms with Crippen molar-refractivity contribution in [3.05, 3.63) is 40.9 Å². The van der Waals surface area contributed by atoms with Crippen LogP contribution < -0.4 is 10.1 Å². The van der Waals surface area contributed by atoms with Crippen LogP contribution in [0.5, 0.6) is 5.75 Å². The highest BCUT2D eigenvalue weighted by Gasteiger charge is 2.17. The third-order valence-corrected chi connectivity index (χ3v) is 7.14. The maximum Gasteiger partial charge on any atom is 0.261 e. The highest BCUT2D eigenvalue weighted by molar-refractivity contribution is 8.00. The topological polar surface area (TPSA) is 64.1 Å². The summed E-state index contributed by atoms with van der Waals surface area (Å²) in [7, 11) is 1.52. The largest absolute Gasteiger partial charge is 0.496 e. The molecule has 1 N–H and O–H groups in total. The van der Waals surface area contributed by atoms with Gasteiger partial charge in [0.05, 0.1) is 33.1 Å². The van der Waals surface area contributed by atoms with Crippen LogP contribution in [0.25, 0.3) is 20.4 Å². The molecule has 0 fully saturated rings. The lowest BCUT2D eigenvalue weighted by molar-refractivity contribution is 0.102. The van der Waals surface area contributed by atoms with Crippen molar-refractivity contribution in [3.63, 3.8) is 0 Å². The predicted molar refractivity (Wildman–Crippen MR) is 111 cm³/mol. The Morgan fingerprint density at radius 1 is 1.15 bits per heavy atom. The van der Waals surface area contributed by atoms with Crippen LogP contribution >= 0.6 is 46.0 Å². The zero-order valence-corrected chi connectivity index (χ0v) is 16.9. The molecule has 0 aliphatic heterocycles. The van der Waals surface area contributed by atoms with Gasteiger partial charge in [-0.3, -0.25) is 10.1 Å². The summed E-state index contributed by atoms with van der Waals surface area (Å²) in [6.07, 6.45) is 2.01. The van der Waals surface area contributed by atoms with E-state index in [9.17, 15) is 4.79 Å². The van der Waals surface area contributed by atoms with Crippen molar-refractivity contribution in [3.8, 4) is 5.75 Å². The van der Waals surface area contributed by atoms with E-state index in [-0.39, 0.29) is 5.91 Å². The van der Waals surface area contributed by atoms with Crippen LogP contribution in [0.4, 0.5) is 5.13 Å². The van der Waals surface area contributed by atoms with Crippen LogP contribution in [0.1, 0.15) is 10.4 Å². The molecule has 2 aromatic heterocycles. The van der Waals surface area contributed by atoms with E-state index < -0.39 is 0 Å². The van der Waals surface area contributed by atoms with Gasteiger partial charge in [-0.05, 0) is 36.6 Å². The second-order valence-corrected chi connectivity index (χ2v) is 8.75. The number of benzene rings is 2. The van der Waals surface area contributed by atoms with Gasteiger partial charge in [-0.25, -0.2) is 9.97 Å². The summed E-state index contributed by atoms with van der Waals surface area (Å²) in [6.45, 7) is 0. The smallest absolute Gasteiger partial charge is 0.261 e. The van der Waals surface area contributed by atoms with Gasteiger partial charge in [0.25, 0.3) is 5.91 Å². The number of rotatable bonds is 4. The molecule has 132 valence electrons. The van der Waals surface area contributed by atoms with Crippen molar-refractivity contribution in [2.45, 2.75) is 4.34 Å². The molecular formula is C17H12ClN3O2S3. The summed E-state index contributed by atoms with van der Waals surface area (Å²) in [5.41, 5.74) is 2.16. The Morgan fingerprint density at radius 3 is 2.62 bits per heavy atom. The zero-order valence-electron chi connectivity index (χ0n) is 13.7. The summed E-state index contributed by atoms with van der Waals surface area (Å²) < 4.78 is 8.36. The molecule has 5 nitrogen and oxygen atoms in total. The Morgan fingerprint density at radius 2 is 1.88 bits per heavy atom. The number of nitrogens with one attached hydrogen (secondary N) is 1. The normalized spacial score (nSPS) is 11.2. The number of nitrogens with zero attached hydrogens (tertiary/aromatic N) is 2. The predicted octanol–water partition coefficient (Wildman–Crippen LogP) is 5.54. The molecule has 4 rings (SSSR count). The first kappa shape index (κ1) is 17.5. The standard InChI is InChI=1S/C17H12ClN3O2S3/c1-23-12-6-3-8(18)7-9(12)15(22)21-16-19-10-4-5-11-14(13(10)25-16)26-17(20-11)24-2/h3-7H,1-2H3,(H,19,21,22). The van der Waals surface area contributed by atoms with Crippen LogP contribution in [0.2, 0.25) is 5.02 Å². The van der Waals surface area contributed by atoms with Gasteiger partial charge >= 0.3 is 0 Å². The maximum atomic E-state index is 12.6. The average molecular weight is 422 g/mol. The molecule has 1 amide bonds. The molecule has 0 aliphatic rings. The molecule has 0 bridgehead atoms. The van der Waals surface area contributed by atoms with E-state index >= 15 is 0 Å². The number of fused-ring (bicyclic) bond motifs is 3. The summed E-state index contributed by atoms with van der Waals surface area (Å²) in [6, 6.07) is 8.81. The lowest BCUT2D eigenvalue weighted by Gasteiger charge is -2.08. The molecule has 0 spiro atoms. The quantitative estimate of drug-likeness (QED) is 0.438. The highest BCUT2D eigenvalue weighted by atomic mass is 35.5. The van der Waals surface area contributed by atoms with Gasteiger partial charge in [0.2, 0.25) is 0 Å². The third kappa shape index (κ3) is 3.14. The fourth-order valence-electron chi connectivity index (χ4n) is 2.52. The Bertz CT molecular complexity index is 1140. The first-order valence-electron chi connectivity index (χ1n) is 7.48. The second kappa shape index (κ2) is 7.03. The molecule has 2 heterocycles. The SMILES string of the molecule is COc1ccc(Cl)cc1C(=O)Nc1nc2ccc3nc(SC)sc3c2s1. The molecule has 4 aromatic rings. The molecule has 0 radical (unpaired) electrons. The van der Waals surface area contributed by atoms with Crippen molar-refractivity contribution in [2.75, 3.05) is 18.7 Å². The Hall–Kier alpha value is -1.87. The number of thioether (sulfide) groups is 1. The minimum absolute atomic E-state index is 0.311. The molecule has 9 heteroatoms. The van der Waals surface area contributed by atoms with Gasteiger partial charge in [-0.2, -0.15) is 0 Å². The molecular weight excluding hydrogens is 410 g/mol. The molecule has 0 aliphatic carbocycles. The van der Waals surface area contributed by atoms with Gasteiger partial charge in [-0.1, -0.05) is 34.7 Å². The number of methoxy groups -OCH3 is 1. The van der Waals surface area contributed by atoms with Crippen LogP contribution in [0.15, 0.2) is 34.7 Å².